The lowest BCUT2D eigenvalue weighted by Gasteiger charge is -2.53. The first kappa shape index (κ1) is 18.7. The smallest absolute Gasteiger partial charge is 0.270 e. The van der Waals surface area contributed by atoms with Gasteiger partial charge in [-0.05, 0) is 45.0 Å². The quantitative estimate of drug-likeness (QED) is 0.810. The van der Waals surface area contributed by atoms with E-state index >= 15 is 0 Å². The summed E-state index contributed by atoms with van der Waals surface area (Å²) in [6.45, 7) is 4.12. The van der Waals surface area contributed by atoms with Crippen molar-refractivity contribution in [3.63, 3.8) is 0 Å². The number of amides is 2. The van der Waals surface area contributed by atoms with Gasteiger partial charge in [-0.1, -0.05) is 5.16 Å². The minimum atomic E-state index is -0.591. The van der Waals surface area contributed by atoms with Crippen LogP contribution in [-0.2, 0) is 11.3 Å². The van der Waals surface area contributed by atoms with Crippen LogP contribution >= 0.6 is 0 Å². The summed E-state index contributed by atoms with van der Waals surface area (Å²) in [4.78, 5) is 37.6. The van der Waals surface area contributed by atoms with Gasteiger partial charge in [-0.25, -0.2) is 0 Å². The molecule has 0 bridgehead atoms. The number of likely N-dealkylation sites (tertiary alicyclic amines) is 2. The molecule has 2 fully saturated rings. The van der Waals surface area contributed by atoms with Gasteiger partial charge in [0.2, 0.25) is 11.8 Å². The molecule has 9 nitrogen and oxygen atoms in total. The first-order valence-corrected chi connectivity index (χ1v) is 9.70. The average Bonchev–Trinajstić information content (AvgIpc) is 3.37. The number of aromatic amines is 1. The molecule has 2 aromatic rings. The zero-order valence-electron chi connectivity index (χ0n) is 16.3. The van der Waals surface area contributed by atoms with Gasteiger partial charge in [0.15, 0.2) is 5.82 Å². The Morgan fingerprint density at radius 2 is 2.25 bits per heavy atom. The van der Waals surface area contributed by atoms with Crippen molar-refractivity contribution in [3.8, 4) is 0 Å². The maximum absolute atomic E-state index is 13.3. The Balaban J connectivity index is 1.57. The molecule has 2 amide bonds. The fourth-order valence-electron chi connectivity index (χ4n) is 4.52. The van der Waals surface area contributed by atoms with Gasteiger partial charge >= 0.3 is 0 Å². The van der Waals surface area contributed by atoms with Crippen molar-refractivity contribution in [2.75, 3.05) is 26.7 Å². The largest absolute Gasteiger partial charge is 0.357 e. The van der Waals surface area contributed by atoms with E-state index in [-0.39, 0.29) is 24.4 Å². The summed E-state index contributed by atoms with van der Waals surface area (Å²) in [7, 11) is 2.04. The van der Waals surface area contributed by atoms with Gasteiger partial charge in [0.1, 0.15) is 5.69 Å². The van der Waals surface area contributed by atoms with E-state index in [1.165, 1.54) is 0 Å². The maximum Gasteiger partial charge on any atom is 0.270 e. The standard InChI is InChI=1S/C19H26N6O3/c1-13-22-16(23-28-13)11-21-18(27)19-6-4-9-25(15(19)12-24(2)10-7-19)17(26)14-5-3-8-20-14/h3,5,8,15,20H,4,6-7,9-12H2,1-2H3,(H,21,27)/t15-,19+/m0/s1. The lowest BCUT2D eigenvalue weighted by Crippen LogP contribution is -2.66. The minimum Gasteiger partial charge on any atom is -0.357 e. The van der Waals surface area contributed by atoms with E-state index < -0.39 is 5.41 Å². The van der Waals surface area contributed by atoms with Crippen LogP contribution in [0.2, 0.25) is 0 Å². The van der Waals surface area contributed by atoms with E-state index in [1.54, 1.807) is 19.2 Å². The number of piperidine rings is 2. The first-order chi connectivity index (χ1) is 13.5. The van der Waals surface area contributed by atoms with Crippen molar-refractivity contribution >= 4 is 11.8 Å². The molecule has 2 atom stereocenters. The predicted octanol–water partition coefficient (Wildman–Crippen LogP) is 0.949. The zero-order valence-corrected chi connectivity index (χ0v) is 16.3. The Morgan fingerprint density at radius 1 is 1.39 bits per heavy atom. The van der Waals surface area contributed by atoms with E-state index in [1.807, 2.05) is 18.0 Å². The van der Waals surface area contributed by atoms with Crippen molar-refractivity contribution in [2.24, 2.45) is 5.41 Å². The van der Waals surface area contributed by atoms with Gasteiger partial charge in [0, 0.05) is 26.2 Å². The van der Waals surface area contributed by atoms with Crippen molar-refractivity contribution in [2.45, 2.75) is 38.8 Å². The second-order valence-electron chi connectivity index (χ2n) is 7.78. The second kappa shape index (κ2) is 7.38. The highest BCUT2D eigenvalue weighted by molar-refractivity contribution is 5.94. The molecule has 4 rings (SSSR count). The van der Waals surface area contributed by atoms with Crippen LogP contribution in [0.25, 0.3) is 0 Å². The van der Waals surface area contributed by atoms with E-state index in [0.29, 0.717) is 30.5 Å². The van der Waals surface area contributed by atoms with Crippen LogP contribution in [0.3, 0.4) is 0 Å². The Kier molecular flexibility index (Phi) is 4.92. The second-order valence-corrected chi connectivity index (χ2v) is 7.78. The molecule has 2 saturated heterocycles. The number of nitrogens with zero attached hydrogens (tertiary/aromatic N) is 4. The third-order valence-corrected chi connectivity index (χ3v) is 5.98. The molecule has 0 spiro atoms. The Morgan fingerprint density at radius 3 is 2.96 bits per heavy atom. The van der Waals surface area contributed by atoms with Gasteiger partial charge < -0.3 is 24.6 Å². The van der Waals surface area contributed by atoms with Crippen LogP contribution in [0, 0.1) is 12.3 Å². The number of fused-ring (bicyclic) bond motifs is 1. The molecule has 150 valence electrons. The number of hydrogen-bond donors (Lipinski definition) is 2. The minimum absolute atomic E-state index is 0.0305. The molecule has 0 radical (unpaired) electrons. The molecule has 0 aliphatic carbocycles. The molecule has 0 unspecified atom stereocenters. The molecular formula is C19H26N6O3. The molecule has 2 N–H and O–H groups in total. The van der Waals surface area contributed by atoms with Crippen LogP contribution in [0.5, 0.6) is 0 Å². The highest BCUT2D eigenvalue weighted by Crippen LogP contribution is 2.43. The molecular weight excluding hydrogens is 360 g/mol. The van der Waals surface area contributed by atoms with Crippen molar-refractivity contribution < 1.29 is 14.1 Å². The number of carbonyl (C=O) groups is 2. The lowest BCUT2D eigenvalue weighted by molar-refractivity contribution is -0.142. The van der Waals surface area contributed by atoms with Crippen molar-refractivity contribution in [1.82, 2.24) is 30.2 Å². The highest BCUT2D eigenvalue weighted by atomic mass is 16.5. The normalized spacial score (nSPS) is 25.4. The van der Waals surface area contributed by atoms with E-state index in [0.717, 1.165) is 25.8 Å². The van der Waals surface area contributed by atoms with Crippen LogP contribution < -0.4 is 5.32 Å². The summed E-state index contributed by atoms with van der Waals surface area (Å²) in [5.74, 6) is 0.856. The van der Waals surface area contributed by atoms with Crippen molar-refractivity contribution in [3.05, 3.63) is 35.7 Å². The summed E-state index contributed by atoms with van der Waals surface area (Å²) in [6.07, 6.45) is 4.05. The number of nitrogens with one attached hydrogen (secondary N) is 2. The molecule has 0 aromatic carbocycles. The van der Waals surface area contributed by atoms with E-state index in [4.69, 9.17) is 4.52 Å². The molecule has 28 heavy (non-hydrogen) atoms. The maximum atomic E-state index is 13.3. The molecule has 4 heterocycles. The molecule has 2 aliphatic rings. The van der Waals surface area contributed by atoms with Gasteiger partial charge in [0.05, 0.1) is 18.0 Å². The predicted molar refractivity (Wildman–Crippen MR) is 100 cm³/mol. The summed E-state index contributed by atoms with van der Waals surface area (Å²) in [5.41, 5.74) is -0.0297. The number of H-pyrrole nitrogens is 1. The highest BCUT2D eigenvalue weighted by Gasteiger charge is 2.53. The van der Waals surface area contributed by atoms with Gasteiger partial charge in [-0.3, -0.25) is 9.59 Å². The number of carbonyl (C=O) groups excluding carboxylic acids is 2. The van der Waals surface area contributed by atoms with E-state index in [9.17, 15) is 9.59 Å². The van der Waals surface area contributed by atoms with Gasteiger partial charge in [-0.15, -0.1) is 0 Å². The Hall–Kier alpha value is -2.68. The van der Waals surface area contributed by atoms with Gasteiger partial charge in [-0.2, -0.15) is 4.98 Å². The molecule has 2 aromatic heterocycles. The monoisotopic (exact) mass is 386 g/mol. The molecule has 9 heteroatoms. The zero-order chi connectivity index (χ0) is 19.7. The number of aryl methyl sites for hydroxylation is 1. The number of aromatic nitrogens is 3. The van der Waals surface area contributed by atoms with Crippen LogP contribution in [0.15, 0.2) is 22.9 Å². The summed E-state index contributed by atoms with van der Waals surface area (Å²) in [6, 6.07) is 3.43. The van der Waals surface area contributed by atoms with Crippen LogP contribution in [0.4, 0.5) is 0 Å². The third-order valence-electron chi connectivity index (χ3n) is 5.98. The molecule has 0 saturated carbocycles. The summed E-state index contributed by atoms with van der Waals surface area (Å²) < 4.78 is 4.98. The fourth-order valence-corrected chi connectivity index (χ4v) is 4.52. The number of rotatable bonds is 4. The topological polar surface area (TPSA) is 107 Å². The average molecular weight is 386 g/mol. The SMILES string of the molecule is Cc1nc(CNC(=O)[C@@]23CCCN(C(=O)c4ccc[nH]4)[C@H]2CN(C)CC3)no1. The Labute approximate surface area is 163 Å². The summed E-state index contributed by atoms with van der Waals surface area (Å²) >= 11 is 0. The third kappa shape index (κ3) is 3.30. The van der Waals surface area contributed by atoms with Crippen LogP contribution in [0.1, 0.15) is 41.5 Å². The first-order valence-electron chi connectivity index (χ1n) is 9.70. The lowest BCUT2D eigenvalue weighted by atomic mass is 9.67. The summed E-state index contributed by atoms with van der Waals surface area (Å²) in [5, 5.41) is 6.84. The van der Waals surface area contributed by atoms with Crippen molar-refractivity contribution in [1.29, 1.82) is 0 Å². The van der Waals surface area contributed by atoms with E-state index in [2.05, 4.69) is 25.3 Å². The number of hydrogen-bond acceptors (Lipinski definition) is 6. The van der Waals surface area contributed by atoms with Gasteiger partial charge in [0.25, 0.3) is 5.91 Å². The fraction of sp³-hybridized carbons (Fsp3) is 0.579. The number of likely N-dealkylation sites (N-methyl/N-ethyl adjacent to an activating group) is 1. The van der Waals surface area contributed by atoms with Crippen LogP contribution in [-0.4, -0.2) is 69.5 Å². The molecule has 2 aliphatic heterocycles. The Bertz CT molecular complexity index is 848.